The Morgan fingerprint density at radius 1 is 1.50 bits per heavy atom. The van der Waals surface area contributed by atoms with Gasteiger partial charge in [0.05, 0.1) is 0 Å². The molecule has 4 N–H and O–H groups in total. The minimum atomic E-state index is 0.266. The molecule has 0 aliphatic heterocycles. The lowest BCUT2D eigenvalue weighted by Gasteiger charge is -2.08. The van der Waals surface area contributed by atoms with Crippen molar-refractivity contribution in [3.63, 3.8) is 0 Å². The number of nitrogens with one attached hydrogen (secondary N) is 1. The van der Waals surface area contributed by atoms with E-state index in [9.17, 15) is 0 Å². The number of anilines is 2. The fraction of sp³-hybridized carbons (Fsp3) is 0.600. The SMILES string of the molecule is Cc1cnc(N)nc1NCCSCCCO. The molecule has 0 fully saturated rings. The van der Waals surface area contributed by atoms with Crippen molar-refractivity contribution in [1.82, 2.24) is 9.97 Å². The van der Waals surface area contributed by atoms with Crippen molar-refractivity contribution < 1.29 is 5.11 Å². The number of hydrogen-bond donors (Lipinski definition) is 3. The molecular weight excluding hydrogens is 224 g/mol. The smallest absolute Gasteiger partial charge is 0.221 e. The van der Waals surface area contributed by atoms with Gasteiger partial charge in [-0.3, -0.25) is 0 Å². The van der Waals surface area contributed by atoms with Crippen LogP contribution in [0.3, 0.4) is 0 Å². The first kappa shape index (κ1) is 13.1. The molecule has 0 aliphatic rings. The third-order valence-corrected chi connectivity index (χ3v) is 3.05. The summed E-state index contributed by atoms with van der Waals surface area (Å²) in [6.07, 6.45) is 2.56. The monoisotopic (exact) mass is 242 g/mol. The summed E-state index contributed by atoms with van der Waals surface area (Å²) in [4.78, 5) is 8.01. The first-order chi connectivity index (χ1) is 7.74. The van der Waals surface area contributed by atoms with Crippen LogP contribution in [-0.4, -0.2) is 39.7 Å². The Morgan fingerprint density at radius 3 is 3.06 bits per heavy atom. The van der Waals surface area contributed by atoms with Crippen LogP contribution in [0.25, 0.3) is 0 Å². The highest BCUT2D eigenvalue weighted by atomic mass is 32.2. The van der Waals surface area contributed by atoms with Crippen LogP contribution in [0.4, 0.5) is 11.8 Å². The maximum absolute atomic E-state index is 8.61. The van der Waals surface area contributed by atoms with Crippen LogP contribution in [0.15, 0.2) is 6.20 Å². The standard InChI is InChI=1S/C10H18N4OS/c1-8-7-13-10(11)14-9(8)12-3-6-16-5-2-4-15/h7,15H,2-6H2,1H3,(H3,11,12,13,14). The summed E-state index contributed by atoms with van der Waals surface area (Å²) < 4.78 is 0. The molecule has 0 saturated carbocycles. The number of nitrogens with two attached hydrogens (primary N) is 1. The zero-order valence-corrected chi connectivity index (χ0v) is 10.3. The van der Waals surface area contributed by atoms with E-state index >= 15 is 0 Å². The highest BCUT2D eigenvalue weighted by Gasteiger charge is 2.00. The predicted molar refractivity (Wildman–Crippen MR) is 68.7 cm³/mol. The van der Waals surface area contributed by atoms with Crippen LogP contribution < -0.4 is 11.1 Å². The number of aliphatic hydroxyl groups excluding tert-OH is 1. The van der Waals surface area contributed by atoms with Crippen LogP contribution >= 0.6 is 11.8 Å². The van der Waals surface area contributed by atoms with Gasteiger partial charge in [0.2, 0.25) is 5.95 Å². The van der Waals surface area contributed by atoms with Crippen molar-refractivity contribution in [2.24, 2.45) is 0 Å². The maximum atomic E-state index is 8.61. The first-order valence-electron chi connectivity index (χ1n) is 5.25. The summed E-state index contributed by atoms with van der Waals surface area (Å²) in [6, 6.07) is 0. The molecule has 0 spiro atoms. The van der Waals surface area contributed by atoms with Gasteiger partial charge in [-0.1, -0.05) is 0 Å². The van der Waals surface area contributed by atoms with Crippen LogP contribution in [0, 0.1) is 6.92 Å². The molecule has 0 aromatic carbocycles. The molecule has 1 aromatic heterocycles. The number of hydrogen-bond acceptors (Lipinski definition) is 6. The van der Waals surface area contributed by atoms with Crippen molar-refractivity contribution in [2.75, 3.05) is 35.7 Å². The van der Waals surface area contributed by atoms with Crippen molar-refractivity contribution in [1.29, 1.82) is 0 Å². The molecule has 0 radical (unpaired) electrons. The van der Waals surface area contributed by atoms with Crippen molar-refractivity contribution in [3.8, 4) is 0 Å². The van der Waals surface area contributed by atoms with Gasteiger partial charge >= 0.3 is 0 Å². The summed E-state index contributed by atoms with van der Waals surface area (Å²) >= 11 is 1.81. The number of thioether (sulfide) groups is 1. The zero-order valence-electron chi connectivity index (χ0n) is 9.44. The molecule has 5 nitrogen and oxygen atoms in total. The van der Waals surface area contributed by atoms with E-state index in [2.05, 4.69) is 15.3 Å². The van der Waals surface area contributed by atoms with Gasteiger partial charge in [0.25, 0.3) is 0 Å². The molecule has 0 atom stereocenters. The van der Waals surface area contributed by atoms with E-state index in [0.29, 0.717) is 5.95 Å². The molecule has 6 heteroatoms. The maximum Gasteiger partial charge on any atom is 0.221 e. The topological polar surface area (TPSA) is 84.1 Å². The van der Waals surface area contributed by atoms with E-state index in [0.717, 1.165) is 35.9 Å². The zero-order chi connectivity index (χ0) is 11.8. The van der Waals surface area contributed by atoms with E-state index in [1.165, 1.54) is 0 Å². The quantitative estimate of drug-likeness (QED) is 0.616. The third-order valence-electron chi connectivity index (χ3n) is 1.98. The minimum Gasteiger partial charge on any atom is -0.396 e. The number of aryl methyl sites for hydroxylation is 1. The number of aliphatic hydroxyl groups is 1. The largest absolute Gasteiger partial charge is 0.396 e. The Hall–Kier alpha value is -1.01. The molecule has 0 saturated heterocycles. The third kappa shape index (κ3) is 4.67. The molecule has 0 amide bonds. The highest BCUT2D eigenvalue weighted by molar-refractivity contribution is 7.99. The fourth-order valence-corrected chi connectivity index (χ4v) is 1.93. The van der Waals surface area contributed by atoms with E-state index in [-0.39, 0.29) is 6.61 Å². The van der Waals surface area contributed by atoms with Gasteiger partial charge in [-0.05, 0) is 19.1 Å². The summed E-state index contributed by atoms with van der Waals surface area (Å²) in [7, 11) is 0. The second-order valence-corrected chi connectivity index (χ2v) is 4.60. The lowest BCUT2D eigenvalue weighted by atomic mass is 10.3. The Morgan fingerprint density at radius 2 is 2.31 bits per heavy atom. The average Bonchev–Trinajstić information content (AvgIpc) is 2.28. The number of rotatable bonds is 7. The fourth-order valence-electron chi connectivity index (χ4n) is 1.14. The molecule has 1 rings (SSSR count). The Labute approximate surface area is 99.9 Å². The van der Waals surface area contributed by atoms with E-state index in [1.807, 2.05) is 18.7 Å². The molecule has 0 unspecified atom stereocenters. The van der Waals surface area contributed by atoms with Gasteiger partial charge in [0.1, 0.15) is 5.82 Å². The summed E-state index contributed by atoms with van der Waals surface area (Å²) in [5, 5.41) is 11.8. The summed E-state index contributed by atoms with van der Waals surface area (Å²) in [5.74, 6) is 3.07. The number of nitrogen functional groups attached to an aromatic ring is 1. The van der Waals surface area contributed by atoms with Gasteiger partial charge in [0, 0.05) is 30.7 Å². The van der Waals surface area contributed by atoms with E-state index in [4.69, 9.17) is 10.8 Å². The number of nitrogens with zero attached hydrogens (tertiary/aromatic N) is 2. The Kier molecular flexibility index (Phi) is 5.95. The van der Waals surface area contributed by atoms with Crippen LogP contribution in [0.1, 0.15) is 12.0 Å². The predicted octanol–water partition coefficient (Wildman–Crippen LogP) is 0.895. The van der Waals surface area contributed by atoms with Gasteiger partial charge in [-0.2, -0.15) is 16.7 Å². The Bertz CT molecular complexity index is 322. The van der Waals surface area contributed by atoms with Gasteiger partial charge in [-0.25, -0.2) is 4.98 Å². The lowest BCUT2D eigenvalue weighted by molar-refractivity contribution is 0.296. The molecule has 90 valence electrons. The lowest BCUT2D eigenvalue weighted by Crippen LogP contribution is -2.09. The minimum absolute atomic E-state index is 0.266. The second kappa shape index (κ2) is 7.29. The van der Waals surface area contributed by atoms with Crippen molar-refractivity contribution in [2.45, 2.75) is 13.3 Å². The molecule has 0 bridgehead atoms. The van der Waals surface area contributed by atoms with Gasteiger partial charge in [-0.15, -0.1) is 0 Å². The van der Waals surface area contributed by atoms with Crippen molar-refractivity contribution in [3.05, 3.63) is 11.8 Å². The average molecular weight is 242 g/mol. The van der Waals surface area contributed by atoms with Gasteiger partial charge < -0.3 is 16.2 Å². The molecule has 16 heavy (non-hydrogen) atoms. The van der Waals surface area contributed by atoms with Crippen LogP contribution in [0.2, 0.25) is 0 Å². The summed E-state index contributed by atoms with van der Waals surface area (Å²) in [5.41, 5.74) is 6.50. The van der Waals surface area contributed by atoms with Crippen LogP contribution in [0.5, 0.6) is 0 Å². The van der Waals surface area contributed by atoms with Crippen molar-refractivity contribution >= 4 is 23.5 Å². The normalized spacial score (nSPS) is 10.4. The van der Waals surface area contributed by atoms with Crippen LogP contribution in [-0.2, 0) is 0 Å². The molecule has 0 aliphatic carbocycles. The Balaban J connectivity index is 2.23. The number of aromatic nitrogens is 2. The molecule has 1 aromatic rings. The highest BCUT2D eigenvalue weighted by Crippen LogP contribution is 2.11. The van der Waals surface area contributed by atoms with Gasteiger partial charge in [0.15, 0.2) is 0 Å². The second-order valence-electron chi connectivity index (χ2n) is 3.38. The summed E-state index contributed by atoms with van der Waals surface area (Å²) in [6.45, 7) is 3.05. The van der Waals surface area contributed by atoms with E-state index in [1.54, 1.807) is 6.20 Å². The molecule has 1 heterocycles. The van der Waals surface area contributed by atoms with E-state index < -0.39 is 0 Å². The molecular formula is C10H18N4OS. The first-order valence-corrected chi connectivity index (χ1v) is 6.41.